The largest absolute Gasteiger partial charge is 0.372 e. The molecular weight excluding hydrogens is 450 g/mol. The van der Waals surface area contributed by atoms with Gasteiger partial charge in [0.05, 0.1) is 12.5 Å². The van der Waals surface area contributed by atoms with Crippen molar-refractivity contribution in [1.82, 2.24) is 20.4 Å². The maximum absolute atomic E-state index is 12.9. The second-order valence-corrected chi connectivity index (χ2v) is 9.61. The Labute approximate surface area is 205 Å². The minimum atomic E-state index is -0.0343. The number of anilines is 1. The van der Waals surface area contributed by atoms with Crippen LogP contribution in [0.3, 0.4) is 0 Å². The maximum Gasteiger partial charge on any atom is 0.241 e. The Kier molecular flexibility index (Phi) is 7.11. The van der Waals surface area contributed by atoms with Gasteiger partial charge in [-0.25, -0.2) is 0 Å². The van der Waals surface area contributed by atoms with Gasteiger partial charge in [-0.2, -0.15) is 4.98 Å². The first-order chi connectivity index (χ1) is 16.6. The average molecular weight is 480 g/mol. The van der Waals surface area contributed by atoms with Crippen LogP contribution in [0.1, 0.15) is 37.1 Å². The van der Waals surface area contributed by atoms with Crippen molar-refractivity contribution in [2.45, 2.75) is 38.8 Å². The first-order valence-corrected chi connectivity index (χ1v) is 12.4. The Hall–Kier alpha value is -2.90. The first-order valence-electron chi connectivity index (χ1n) is 12.1. The standard InChI is InChI=1S/C26H30ClN5O2/c27-22-7-3-5-20(15-22)25-29-24(34-30-25)18-31-12-4-6-21(17-31)26(33)28-16-19-8-10-23(11-9-19)32-13-1-2-14-32/h3,5,7-11,15,21H,1-2,4,6,12-14,16-18H2,(H,28,33). The predicted octanol–water partition coefficient (Wildman–Crippen LogP) is 4.52. The molecule has 0 saturated carbocycles. The topological polar surface area (TPSA) is 74.5 Å². The molecule has 0 spiro atoms. The highest BCUT2D eigenvalue weighted by Crippen LogP contribution is 2.23. The average Bonchev–Trinajstić information content (AvgIpc) is 3.56. The van der Waals surface area contributed by atoms with Crippen molar-refractivity contribution in [3.05, 3.63) is 65.0 Å². The number of halogens is 1. The number of benzene rings is 2. The highest BCUT2D eigenvalue weighted by molar-refractivity contribution is 6.30. The van der Waals surface area contributed by atoms with Gasteiger partial charge in [-0.3, -0.25) is 9.69 Å². The fraction of sp³-hybridized carbons (Fsp3) is 0.423. The Morgan fingerprint density at radius 2 is 1.91 bits per heavy atom. The van der Waals surface area contributed by atoms with Crippen molar-refractivity contribution in [3.8, 4) is 11.4 Å². The molecule has 0 aliphatic carbocycles. The highest BCUT2D eigenvalue weighted by atomic mass is 35.5. The minimum Gasteiger partial charge on any atom is -0.372 e. The van der Waals surface area contributed by atoms with Crippen molar-refractivity contribution in [2.75, 3.05) is 31.1 Å². The van der Waals surface area contributed by atoms with Crippen LogP contribution in [-0.2, 0) is 17.9 Å². The summed E-state index contributed by atoms with van der Waals surface area (Å²) in [6.45, 7) is 4.97. The van der Waals surface area contributed by atoms with Crippen molar-refractivity contribution < 1.29 is 9.32 Å². The third-order valence-corrected chi connectivity index (χ3v) is 6.90. The zero-order valence-corrected chi connectivity index (χ0v) is 20.0. The molecule has 0 radical (unpaired) electrons. The molecule has 7 nitrogen and oxygen atoms in total. The highest BCUT2D eigenvalue weighted by Gasteiger charge is 2.27. The number of nitrogens with one attached hydrogen (secondary N) is 1. The summed E-state index contributed by atoms with van der Waals surface area (Å²) >= 11 is 6.07. The fourth-order valence-electron chi connectivity index (χ4n) is 4.80. The van der Waals surface area contributed by atoms with Gasteiger partial charge in [0.15, 0.2) is 0 Å². The van der Waals surface area contributed by atoms with E-state index in [2.05, 4.69) is 49.5 Å². The van der Waals surface area contributed by atoms with Gasteiger partial charge in [0, 0.05) is 42.5 Å². The molecule has 178 valence electrons. The summed E-state index contributed by atoms with van der Waals surface area (Å²) in [7, 11) is 0. The van der Waals surface area contributed by atoms with E-state index in [-0.39, 0.29) is 11.8 Å². The molecular formula is C26H30ClN5O2. The van der Waals surface area contributed by atoms with Gasteiger partial charge in [-0.15, -0.1) is 0 Å². The molecule has 3 aromatic rings. The molecule has 1 unspecified atom stereocenters. The predicted molar refractivity (Wildman–Crippen MR) is 132 cm³/mol. The van der Waals surface area contributed by atoms with Crippen molar-refractivity contribution in [3.63, 3.8) is 0 Å². The van der Waals surface area contributed by atoms with E-state index in [9.17, 15) is 4.79 Å². The number of carbonyl (C=O) groups excluding carboxylic acids is 1. The maximum atomic E-state index is 12.9. The number of amides is 1. The SMILES string of the molecule is O=C(NCc1ccc(N2CCCC2)cc1)C1CCCN(Cc2nc(-c3cccc(Cl)c3)no2)C1. The second-order valence-electron chi connectivity index (χ2n) is 9.17. The van der Waals surface area contributed by atoms with Gasteiger partial charge in [0.1, 0.15) is 0 Å². The number of hydrogen-bond donors (Lipinski definition) is 1. The van der Waals surface area contributed by atoms with Crippen LogP contribution in [0.2, 0.25) is 5.02 Å². The quantitative estimate of drug-likeness (QED) is 0.537. The lowest BCUT2D eigenvalue weighted by molar-refractivity contribution is -0.127. The summed E-state index contributed by atoms with van der Waals surface area (Å²) in [5.74, 6) is 1.15. The van der Waals surface area contributed by atoms with Crippen LogP contribution in [0.4, 0.5) is 5.69 Å². The number of carbonyl (C=O) groups is 1. The van der Waals surface area contributed by atoms with E-state index in [0.717, 1.165) is 43.6 Å². The summed E-state index contributed by atoms with van der Waals surface area (Å²) in [6, 6.07) is 16.0. The van der Waals surface area contributed by atoms with E-state index >= 15 is 0 Å². The minimum absolute atomic E-state index is 0.0343. The lowest BCUT2D eigenvalue weighted by atomic mass is 9.97. The van der Waals surface area contributed by atoms with Crippen LogP contribution in [0, 0.1) is 5.92 Å². The van der Waals surface area contributed by atoms with Gasteiger partial charge in [-0.1, -0.05) is 41.0 Å². The summed E-state index contributed by atoms with van der Waals surface area (Å²) in [5.41, 5.74) is 3.23. The summed E-state index contributed by atoms with van der Waals surface area (Å²) in [4.78, 5) is 22.0. The molecule has 0 bridgehead atoms. The van der Waals surface area contributed by atoms with E-state index in [1.807, 2.05) is 24.3 Å². The van der Waals surface area contributed by atoms with Crippen LogP contribution in [0.5, 0.6) is 0 Å². The van der Waals surface area contributed by atoms with Gasteiger partial charge < -0.3 is 14.7 Å². The van der Waals surface area contributed by atoms with Crippen LogP contribution < -0.4 is 10.2 Å². The van der Waals surface area contributed by atoms with Gasteiger partial charge in [-0.05, 0) is 62.1 Å². The molecule has 2 saturated heterocycles. The molecule has 1 atom stereocenters. The smallest absolute Gasteiger partial charge is 0.241 e. The normalized spacial score (nSPS) is 18.9. The zero-order chi connectivity index (χ0) is 23.3. The second kappa shape index (κ2) is 10.6. The Balaban J connectivity index is 1.12. The van der Waals surface area contributed by atoms with Gasteiger partial charge >= 0.3 is 0 Å². The summed E-state index contributed by atoms with van der Waals surface area (Å²) in [6.07, 6.45) is 4.41. The van der Waals surface area contributed by atoms with Crippen molar-refractivity contribution in [1.29, 1.82) is 0 Å². The summed E-state index contributed by atoms with van der Waals surface area (Å²) < 4.78 is 5.46. The van der Waals surface area contributed by atoms with Crippen LogP contribution in [0.15, 0.2) is 53.1 Å². The van der Waals surface area contributed by atoms with Gasteiger partial charge in [0.2, 0.25) is 17.6 Å². The van der Waals surface area contributed by atoms with Crippen LogP contribution in [0.25, 0.3) is 11.4 Å². The number of piperidine rings is 1. The Morgan fingerprint density at radius 1 is 1.09 bits per heavy atom. The van der Waals surface area contributed by atoms with E-state index in [1.54, 1.807) is 0 Å². The monoisotopic (exact) mass is 479 g/mol. The molecule has 8 heteroatoms. The van der Waals surface area contributed by atoms with Crippen molar-refractivity contribution >= 4 is 23.2 Å². The molecule has 3 heterocycles. The van der Waals surface area contributed by atoms with Gasteiger partial charge in [0.25, 0.3) is 0 Å². The van der Waals surface area contributed by atoms with Crippen LogP contribution >= 0.6 is 11.6 Å². The third-order valence-electron chi connectivity index (χ3n) is 6.66. The molecule has 2 aromatic carbocycles. The number of likely N-dealkylation sites (tertiary alicyclic amines) is 1. The van der Waals surface area contributed by atoms with Crippen molar-refractivity contribution in [2.24, 2.45) is 5.92 Å². The molecule has 1 N–H and O–H groups in total. The molecule has 5 rings (SSSR count). The number of rotatable bonds is 7. The lowest BCUT2D eigenvalue weighted by Crippen LogP contribution is -2.42. The lowest BCUT2D eigenvalue weighted by Gasteiger charge is -2.30. The molecule has 1 amide bonds. The zero-order valence-electron chi connectivity index (χ0n) is 19.3. The third kappa shape index (κ3) is 5.59. The Morgan fingerprint density at radius 3 is 2.71 bits per heavy atom. The number of hydrogen-bond acceptors (Lipinski definition) is 6. The van der Waals surface area contributed by atoms with E-state index in [4.69, 9.17) is 16.1 Å². The first kappa shape index (κ1) is 22.9. The van der Waals surface area contributed by atoms with E-state index in [0.29, 0.717) is 36.4 Å². The van der Waals surface area contributed by atoms with E-state index < -0.39 is 0 Å². The van der Waals surface area contributed by atoms with Crippen LogP contribution in [-0.4, -0.2) is 47.1 Å². The number of nitrogens with zero attached hydrogens (tertiary/aromatic N) is 4. The molecule has 34 heavy (non-hydrogen) atoms. The number of aromatic nitrogens is 2. The molecule has 2 aliphatic rings. The summed E-state index contributed by atoms with van der Waals surface area (Å²) in [5, 5.41) is 7.85. The molecule has 2 fully saturated rings. The molecule has 2 aliphatic heterocycles. The fourth-order valence-corrected chi connectivity index (χ4v) is 4.99. The van der Waals surface area contributed by atoms with E-state index in [1.165, 1.54) is 18.5 Å². The Bertz CT molecular complexity index is 1110. The molecule has 1 aromatic heterocycles.